The Kier molecular flexibility index (Phi) is 4.75. The minimum Gasteiger partial charge on any atom is -0.287 e. The second-order valence-electron chi connectivity index (χ2n) is 6.40. The van der Waals surface area contributed by atoms with E-state index in [1.54, 1.807) is 66.9 Å². The largest absolute Gasteiger partial charge is 0.287 e. The molecule has 0 radical (unpaired) electrons. The Morgan fingerprint density at radius 3 is 2.18 bits per heavy atom. The van der Waals surface area contributed by atoms with Crippen LogP contribution in [0, 0.1) is 0 Å². The minimum absolute atomic E-state index is 0.180. The lowest BCUT2D eigenvalue weighted by Gasteiger charge is -2.15. The molecule has 0 aliphatic carbocycles. The summed E-state index contributed by atoms with van der Waals surface area (Å²) < 4.78 is 0. The number of fused-ring (bicyclic) bond motifs is 1. The molecule has 2 aromatic carbocycles. The molecule has 3 aromatic rings. The molecule has 5 nitrogen and oxygen atoms in total. The second kappa shape index (κ2) is 7.37. The molecule has 0 fully saturated rings. The highest BCUT2D eigenvalue weighted by atomic mass is 35.5. The van der Waals surface area contributed by atoms with E-state index in [1.165, 1.54) is 4.90 Å². The third-order valence-corrected chi connectivity index (χ3v) is 4.95. The van der Waals surface area contributed by atoms with Gasteiger partial charge in [0.15, 0.2) is 0 Å². The monoisotopic (exact) mass is 390 g/mol. The number of pyridine rings is 1. The smallest absolute Gasteiger partial charge is 0.261 e. The Morgan fingerprint density at radius 1 is 0.893 bits per heavy atom. The maximum atomic E-state index is 12.8. The van der Waals surface area contributed by atoms with Crippen molar-refractivity contribution in [2.75, 3.05) is 6.54 Å². The van der Waals surface area contributed by atoms with Crippen LogP contribution < -0.4 is 0 Å². The van der Waals surface area contributed by atoms with Gasteiger partial charge in [-0.05, 0) is 54.4 Å². The summed E-state index contributed by atoms with van der Waals surface area (Å²) in [5.41, 5.74) is 2.29. The van der Waals surface area contributed by atoms with Crippen LogP contribution in [0.25, 0.3) is 0 Å². The summed E-state index contributed by atoms with van der Waals surface area (Å²) in [6.45, 7) is 0.180. The summed E-state index contributed by atoms with van der Waals surface area (Å²) in [6, 6.07) is 16.9. The third kappa shape index (κ3) is 3.21. The van der Waals surface area contributed by atoms with Crippen molar-refractivity contribution in [3.63, 3.8) is 0 Å². The summed E-state index contributed by atoms with van der Waals surface area (Å²) in [7, 11) is 0. The number of rotatable bonds is 5. The van der Waals surface area contributed by atoms with E-state index in [1.807, 2.05) is 0 Å². The molecule has 0 saturated carbocycles. The van der Waals surface area contributed by atoms with Crippen LogP contribution >= 0.6 is 11.6 Å². The number of ketones is 1. The number of imide groups is 1. The van der Waals surface area contributed by atoms with Crippen molar-refractivity contribution in [3.05, 3.63) is 99.8 Å². The molecule has 6 heteroatoms. The predicted molar refractivity (Wildman–Crippen MR) is 105 cm³/mol. The van der Waals surface area contributed by atoms with Gasteiger partial charge in [0.05, 0.1) is 11.1 Å². The molecule has 2 heterocycles. The fourth-order valence-electron chi connectivity index (χ4n) is 3.26. The molecule has 0 atom stereocenters. The lowest BCUT2D eigenvalue weighted by atomic mass is 10.0. The van der Waals surface area contributed by atoms with Gasteiger partial charge in [-0.1, -0.05) is 29.8 Å². The van der Waals surface area contributed by atoms with Crippen molar-refractivity contribution in [2.45, 2.75) is 6.42 Å². The van der Waals surface area contributed by atoms with Gasteiger partial charge in [-0.25, -0.2) is 0 Å². The fraction of sp³-hybridized carbons (Fsp3) is 0.0909. The van der Waals surface area contributed by atoms with Crippen LogP contribution in [0.1, 0.15) is 42.3 Å². The van der Waals surface area contributed by atoms with Crippen LogP contribution in [0.5, 0.6) is 0 Å². The topological polar surface area (TPSA) is 67.3 Å². The zero-order valence-corrected chi connectivity index (χ0v) is 15.5. The van der Waals surface area contributed by atoms with Crippen molar-refractivity contribution in [2.24, 2.45) is 0 Å². The molecule has 0 unspecified atom stereocenters. The molecular formula is C22H15ClN2O3. The average molecular weight is 391 g/mol. The van der Waals surface area contributed by atoms with Crippen LogP contribution in [-0.2, 0) is 6.42 Å². The summed E-state index contributed by atoms with van der Waals surface area (Å²) >= 11 is 5.89. The number of hydrogen-bond acceptors (Lipinski definition) is 4. The molecular weight excluding hydrogens is 376 g/mol. The Hall–Kier alpha value is -3.31. The van der Waals surface area contributed by atoms with Gasteiger partial charge in [0.2, 0.25) is 5.78 Å². The SMILES string of the molecule is O=C(c1ccc(Cl)cc1)c1ncccc1CCN1C(=O)c2ccccc2C1=O. The first-order chi connectivity index (χ1) is 13.6. The van der Waals surface area contributed by atoms with E-state index in [2.05, 4.69) is 4.98 Å². The average Bonchev–Trinajstić information content (AvgIpc) is 2.97. The van der Waals surface area contributed by atoms with Gasteiger partial charge in [0, 0.05) is 23.3 Å². The number of carbonyl (C=O) groups is 3. The molecule has 1 aliphatic rings. The van der Waals surface area contributed by atoms with Crippen molar-refractivity contribution in [3.8, 4) is 0 Å². The first-order valence-electron chi connectivity index (χ1n) is 8.75. The zero-order valence-electron chi connectivity index (χ0n) is 14.8. The highest BCUT2D eigenvalue weighted by Crippen LogP contribution is 2.23. The zero-order chi connectivity index (χ0) is 19.7. The molecule has 4 rings (SSSR count). The van der Waals surface area contributed by atoms with Gasteiger partial charge < -0.3 is 0 Å². The number of aromatic nitrogens is 1. The molecule has 0 N–H and O–H groups in total. The lowest BCUT2D eigenvalue weighted by molar-refractivity contribution is 0.0656. The van der Waals surface area contributed by atoms with Gasteiger partial charge >= 0.3 is 0 Å². The summed E-state index contributed by atoms with van der Waals surface area (Å²) in [5.74, 6) is -0.847. The molecule has 138 valence electrons. The first kappa shape index (κ1) is 18.1. The molecule has 0 bridgehead atoms. The summed E-state index contributed by atoms with van der Waals surface area (Å²) in [6.07, 6.45) is 1.89. The standard InChI is InChI=1S/C22H15ClN2O3/c23-16-9-7-15(8-10-16)20(26)19-14(4-3-12-24-19)11-13-25-21(27)17-5-1-2-6-18(17)22(25)28/h1-10,12H,11,13H2. The number of hydrogen-bond donors (Lipinski definition) is 0. The Labute approximate surface area is 166 Å². The van der Waals surface area contributed by atoms with Crippen LogP contribution in [-0.4, -0.2) is 34.0 Å². The van der Waals surface area contributed by atoms with Gasteiger partial charge in [0.25, 0.3) is 11.8 Å². The van der Waals surface area contributed by atoms with Crippen LogP contribution in [0.4, 0.5) is 0 Å². The van der Waals surface area contributed by atoms with E-state index >= 15 is 0 Å². The number of carbonyl (C=O) groups excluding carboxylic acids is 3. The van der Waals surface area contributed by atoms with E-state index in [-0.39, 0.29) is 24.1 Å². The maximum absolute atomic E-state index is 12.8. The number of nitrogens with zero attached hydrogens (tertiary/aromatic N) is 2. The van der Waals surface area contributed by atoms with Gasteiger partial charge in [0.1, 0.15) is 5.69 Å². The van der Waals surface area contributed by atoms with Gasteiger partial charge in [-0.15, -0.1) is 0 Å². The molecule has 28 heavy (non-hydrogen) atoms. The summed E-state index contributed by atoms with van der Waals surface area (Å²) in [5, 5.41) is 0.545. The van der Waals surface area contributed by atoms with E-state index in [0.717, 1.165) is 0 Å². The molecule has 0 saturated heterocycles. The number of amides is 2. The Balaban J connectivity index is 1.56. The molecule has 0 spiro atoms. The Morgan fingerprint density at radius 2 is 1.54 bits per heavy atom. The number of benzene rings is 2. The maximum Gasteiger partial charge on any atom is 0.261 e. The van der Waals surface area contributed by atoms with Crippen LogP contribution in [0.2, 0.25) is 5.02 Å². The molecule has 1 aliphatic heterocycles. The van der Waals surface area contributed by atoms with Gasteiger partial charge in [-0.2, -0.15) is 0 Å². The van der Waals surface area contributed by atoms with Crippen molar-refractivity contribution in [1.29, 1.82) is 0 Å². The van der Waals surface area contributed by atoms with Crippen molar-refractivity contribution in [1.82, 2.24) is 9.88 Å². The van der Waals surface area contributed by atoms with Crippen molar-refractivity contribution < 1.29 is 14.4 Å². The van der Waals surface area contributed by atoms with Crippen LogP contribution in [0.15, 0.2) is 66.9 Å². The normalized spacial score (nSPS) is 13.0. The first-order valence-corrected chi connectivity index (χ1v) is 9.13. The third-order valence-electron chi connectivity index (χ3n) is 4.70. The van der Waals surface area contributed by atoms with E-state index in [9.17, 15) is 14.4 Å². The molecule has 1 aromatic heterocycles. The number of halogens is 1. The van der Waals surface area contributed by atoms with E-state index in [4.69, 9.17) is 11.6 Å². The lowest BCUT2D eigenvalue weighted by Crippen LogP contribution is -2.32. The van der Waals surface area contributed by atoms with Crippen molar-refractivity contribution >= 4 is 29.2 Å². The quantitative estimate of drug-likeness (QED) is 0.491. The van der Waals surface area contributed by atoms with E-state index in [0.29, 0.717) is 39.4 Å². The van der Waals surface area contributed by atoms with E-state index < -0.39 is 0 Å². The highest BCUT2D eigenvalue weighted by molar-refractivity contribution is 6.30. The highest BCUT2D eigenvalue weighted by Gasteiger charge is 2.34. The summed E-state index contributed by atoms with van der Waals surface area (Å²) in [4.78, 5) is 43.3. The fourth-order valence-corrected chi connectivity index (χ4v) is 3.38. The Bertz CT molecular complexity index is 1060. The molecule has 2 amide bonds. The predicted octanol–water partition coefficient (Wildman–Crippen LogP) is 3.80. The second-order valence-corrected chi connectivity index (χ2v) is 6.84. The minimum atomic E-state index is -0.310. The van der Waals surface area contributed by atoms with Crippen LogP contribution in [0.3, 0.4) is 0 Å². The van der Waals surface area contributed by atoms with Gasteiger partial charge in [-0.3, -0.25) is 24.3 Å².